The predicted molar refractivity (Wildman–Crippen MR) is 80.7 cm³/mol. The summed E-state index contributed by atoms with van der Waals surface area (Å²) in [5, 5.41) is 12.1. The molecule has 0 fully saturated rings. The minimum absolute atomic E-state index is 0.266. The summed E-state index contributed by atoms with van der Waals surface area (Å²) in [5.41, 5.74) is 1.30. The van der Waals surface area contributed by atoms with Gasteiger partial charge in [-0.25, -0.2) is 0 Å². The summed E-state index contributed by atoms with van der Waals surface area (Å²) in [4.78, 5) is 0. The van der Waals surface area contributed by atoms with Crippen LogP contribution in [-0.4, -0.2) is 30.9 Å². The third-order valence-electron chi connectivity index (χ3n) is 3.40. The molecule has 0 amide bonds. The van der Waals surface area contributed by atoms with Gasteiger partial charge in [0.1, 0.15) is 11.9 Å². The fourth-order valence-electron chi connectivity index (χ4n) is 2.38. The Morgan fingerprint density at radius 3 is 2.95 bits per heavy atom. The van der Waals surface area contributed by atoms with E-state index in [0.29, 0.717) is 6.61 Å². The van der Waals surface area contributed by atoms with E-state index in [9.17, 15) is 0 Å². The molecule has 0 spiro atoms. The van der Waals surface area contributed by atoms with Crippen LogP contribution in [0.5, 0.6) is 5.75 Å². The van der Waals surface area contributed by atoms with Crippen LogP contribution in [-0.2, 0) is 6.42 Å². The highest BCUT2D eigenvalue weighted by Gasteiger charge is 2.22. The van der Waals surface area contributed by atoms with Gasteiger partial charge in [-0.3, -0.25) is 0 Å². The first-order valence-corrected chi connectivity index (χ1v) is 7.85. The molecule has 3 nitrogen and oxygen atoms in total. The Balaban J connectivity index is 1.59. The van der Waals surface area contributed by atoms with Crippen LogP contribution in [0.1, 0.15) is 31.2 Å². The quantitative estimate of drug-likeness (QED) is 0.721. The van der Waals surface area contributed by atoms with Crippen molar-refractivity contribution in [3.8, 4) is 5.75 Å². The van der Waals surface area contributed by atoms with E-state index in [-0.39, 0.29) is 6.10 Å². The molecule has 1 atom stereocenters. The monoisotopic (exact) mass is 327 g/mol. The highest BCUT2D eigenvalue weighted by molar-refractivity contribution is 9.10. The molecule has 0 saturated carbocycles. The molecule has 0 radical (unpaired) electrons. The Morgan fingerprint density at radius 1 is 1.26 bits per heavy atom. The molecule has 19 heavy (non-hydrogen) atoms. The molecule has 1 aliphatic heterocycles. The maximum atomic E-state index is 8.68. The largest absolute Gasteiger partial charge is 0.488 e. The zero-order valence-electron chi connectivity index (χ0n) is 11.2. The molecular formula is C15H22BrNO2. The van der Waals surface area contributed by atoms with Crippen molar-refractivity contribution in [2.45, 2.75) is 38.2 Å². The Morgan fingerprint density at radius 2 is 2.11 bits per heavy atom. The third kappa shape index (κ3) is 4.79. The molecule has 1 aromatic carbocycles. The fraction of sp³-hybridized carbons (Fsp3) is 0.600. The van der Waals surface area contributed by atoms with E-state index in [0.717, 1.165) is 42.6 Å². The van der Waals surface area contributed by atoms with Crippen molar-refractivity contribution in [2.24, 2.45) is 0 Å². The van der Waals surface area contributed by atoms with Gasteiger partial charge in [0.2, 0.25) is 0 Å². The highest BCUT2D eigenvalue weighted by atomic mass is 79.9. The van der Waals surface area contributed by atoms with Gasteiger partial charge in [0.15, 0.2) is 0 Å². The summed E-state index contributed by atoms with van der Waals surface area (Å²) in [5.74, 6) is 1.03. The molecular weight excluding hydrogens is 306 g/mol. The molecule has 106 valence electrons. The Bertz CT molecular complexity index is 398. The number of fused-ring (bicyclic) bond motifs is 1. The van der Waals surface area contributed by atoms with Crippen molar-refractivity contribution in [3.63, 3.8) is 0 Å². The van der Waals surface area contributed by atoms with Gasteiger partial charge in [0, 0.05) is 24.0 Å². The summed E-state index contributed by atoms with van der Waals surface area (Å²) in [6, 6.07) is 6.20. The number of halogens is 1. The Kier molecular flexibility index (Phi) is 6.14. The average molecular weight is 328 g/mol. The number of hydrogen-bond acceptors (Lipinski definition) is 3. The van der Waals surface area contributed by atoms with Gasteiger partial charge in [0.05, 0.1) is 0 Å². The minimum atomic E-state index is 0.266. The molecule has 0 aromatic heterocycles. The van der Waals surface area contributed by atoms with Crippen LogP contribution in [0.15, 0.2) is 22.7 Å². The number of nitrogens with one attached hydrogen (secondary N) is 1. The summed E-state index contributed by atoms with van der Waals surface area (Å²) in [6.45, 7) is 2.26. The summed E-state index contributed by atoms with van der Waals surface area (Å²) < 4.78 is 7.01. The van der Waals surface area contributed by atoms with E-state index in [2.05, 4.69) is 27.3 Å². The molecule has 1 aromatic rings. The normalized spacial score (nSPS) is 17.3. The molecule has 1 unspecified atom stereocenters. The second-order valence-corrected chi connectivity index (χ2v) is 5.95. The second-order valence-electron chi connectivity index (χ2n) is 5.04. The van der Waals surface area contributed by atoms with Gasteiger partial charge in [-0.15, -0.1) is 0 Å². The molecule has 0 saturated heterocycles. The van der Waals surface area contributed by atoms with Crippen LogP contribution >= 0.6 is 15.9 Å². The number of benzene rings is 1. The van der Waals surface area contributed by atoms with Gasteiger partial charge >= 0.3 is 0 Å². The van der Waals surface area contributed by atoms with Gasteiger partial charge in [0.25, 0.3) is 0 Å². The van der Waals surface area contributed by atoms with E-state index in [1.807, 2.05) is 12.1 Å². The van der Waals surface area contributed by atoms with E-state index in [4.69, 9.17) is 9.84 Å². The Hall–Kier alpha value is -0.580. The van der Waals surface area contributed by atoms with Gasteiger partial charge in [-0.1, -0.05) is 28.8 Å². The Labute approximate surface area is 123 Å². The maximum absolute atomic E-state index is 8.68. The van der Waals surface area contributed by atoms with Crippen molar-refractivity contribution >= 4 is 15.9 Å². The fourth-order valence-corrected chi connectivity index (χ4v) is 2.79. The van der Waals surface area contributed by atoms with Crippen LogP contribution in [0.25, 0.3) is 0 Å². The SMILES string of the molecule is OCCCCCCNCC1Cc2cc(Br)ccc2O1. The summed E-state index contributed by atoms with van der Waals surface area (Å²) >= 11 is 3.49. The highest BCUT2D eigenvalue weighted by Crippen LogP contribution is 2.30. The van der Waals surface area contributed by atoms with E-state index in [1.54, 1.807) is 0 Å². The van der Waals surface area contributed by atoms with Crippen LogP contribution < -0.4 is 10.1 Å². The molecule has 0 bridgehead atoms. The molecule has 1 aliphatic rings. The number of aliphatic hydroxyl groups is 1. The first-order chi connectivity index (χ1) is 9.29. The lowest BCUT2D eigenvalue weighted by Crippen LogP contribution is -2.30. The van der Waals surface area contributed by atoms with Gasteiger partial charge < -0.3 is 15.2 Å². The summed E-state index contributed by atoms with van der Waals surface area (Å²) in [7, 11) is 0. The average Bonchev–Trinajstić information content (AvgIpc) is 2.79. The molecule has 0 aliphatic carbocycles. The van der Waals surface area contributed by atoms with Crippen LogP contribution in [0.4, 0.5) is 0 Å². The van der Waals surface area contributed by atoms with E-state index in [1.165, 1.54) is 18.4 Å². The van der Waals surface area contributed by atoms with Crippen molar-refractivity contribution in [2.75, 3.05) is 19.7 Å². The van der Waals surface area contributed by atoms with E-state index < -0.39 is 0 Å². The molecule has 2 rings (SSSR count). The number of aliphatic hydroxyl groups excluding tert-OH is 1. The molecule has 1 heterocycles. The van der Waals surface area contributed by atoms with Gasteiger partial charge in [-0.2, -0.15) is 0 Å². The lowest BCUT2D eigenvalue weighted by Gasteiger charge is -2.11. The number of hydrogen-bond donors (Lipinski definition) is 2. The zero-order valence-corrected chi connectivity index (χ0v) is 12.8. The first-order valence-electron chi connectivity index (χ1n) is 7.06. The zero-order chi connectivity index (χ0) is 13.5. The lowest BCUT2D eigenvalue weighted by molar-refractivity contribution is 0.227. The number of unbranched alkanes of at least 4 members (excludes halogenated alkanes) is 3. The topological polar surface area (TPSA) is 41.5 Å². The van der Waals surface area contributed by atoms with Crippen molar-refractivity contribution in [1.82, 2.24) is 5.32 Å². The third-order valence-corrected chi connectivity index (χ3v) is 3.89. The van der Waals surface area contributed by atoms with Crippen LogP contribution in [0, 0.1) is 0 Å². The smallest absolute Gasteiger partial charge is 0.123 e. The lowest BCUT2D eigenvalue weighted by atomic mass is 10.1. The number of rotatable bonds is 8. The molecule has 4 heteroatoms. The van der Waals surface area contributed by atoms with Crippen molar-refractivity contribution in [1.29, 1.82) is 0 Å². The predicted octanol–water partition coefficient (Wildman–Crippen LogP) is 2.89. The second kappa shape index (κ2) is 7.88. The van der Waals surface area contributed by atoms with Gasteiger partial charge in [-0.05, 0) is 43.1 Å². The van der Waals surface area contributed by atoms with Crippen molar-refractivity contribution < 1.29 is 9.84 Å². The first kappa shape index (κ1) is 14.8. The van der Waals surface area contributed by atoms with Crippen LogP contribution in [0.2, 0.25) is 0 Å². The molecule has 2 N–H and O–H groups in total. The standard InChI is InChI=1S/C15H22BrNO2/c16-13-5-6-15-12(9-13)10-14(19-15)11-17-7-3-1-2-4-8-18/h5-6,9,14,17-18H,1-4,7-8,10-11H2. The summed E-state index contributed by atoms with van der Waals surface area (Å²) in [6.07, 6.45) is 5.67. The van der Waals surface area contributed by atoms with Crippen LogP contribution in [0.3, 0.4) is 0 Å². The van der Waals surface area contributed by atoms with Crippen molar-refractivity contribution in [3.05, 3.63) is 28.2 Å². The van der Waals surface area contributed by atoms with E-state index >= 15 is 0 Å². The maximum Gasteiger partial charge on any atom is 0.123 e. The number of ether oxygens (including phenoxy) is 1. The minimum Gasteiger partial charge on any atom is -0.488 e.